The Labute approximate surface area is 372 Å². The van der Waals surface area contributed by atoms with Gasteiger partial charge in [0.1, 0.15) is 0 Å². The standard InChI is InChI=1S/C61H41N3/c1-61(2)53-30-26-43(33-51(53)52-34-46(27-31-54(52)61)56-37-55(39-16-8-4-9-17-39)62-60(63-56)40-18-10-5-11-19-40)41-20-12-21-42(32-41)45-25-29-48-50-23-13-22-49-47-28-24-44(38-14-6-3-7-15-38)35-57(47)64(59(49)50)58(48)36-45/h3-37H,1-2H3. The van der Waals surface area contributed by atoms with Gasteiger partial charge in [-0.1, -0.05) is 190 Å². The number of nitrogens with zero attached hydrogens (tertiary/aromatic N) is 3. The molecule has 0 atom stereocenters. The maximum atomic E-state index is 5.18. The molecule has 0 saturated carbocycles. The fraction of sp³-hybridized carbons (Fsp3) is 0.0492. The topological polar surface area (TPSA) is 30.2 Å². The van der Waals surface area contributed by atoms with Crippen LogP contribution in [0.3, 0.4) is 0 Å². The van der Waals surface area contributed by atoms with Gasteiger partial charge in [-0.3, -0.25) is 0 Å². The van der Waals surface area contributed by atoms with Crippen molar-refractivity contribution in [3.05, 3.63) is 223 Å². The van der Waals surface area contributed by atoms with Gasteiger partial charge in [-0.05, 0) is 92.0 Å². The first-order chi connectivity index (χ1) is 31.5. The third-order valence-corrected chi connectivity index (χ3v) is 13.8. The Morgan fingerprint density at radius 2 is 0.766 bits per heavy atom. The lowest BCUT2D eigenvalue weighted by Gasteiger charge is -2.21. The zero-order valence-electron chi connectivity index (χ0n) is 35.5. The third kappa shape index (κ3) is 5.60. The molecule has 1 aliphatic carbocycles. The summed E-state index contributed by atoms with van der Waals surface area (Å²) in [6, 6.07) is 77.2. The highest BCUT2D eigenvalue weighted by molar-refractivity contribution is 6.23. The average Bonchev–Trinajstić information content (AvgIpc) is 3.96. The Morgan fingerprint density at radius 1 is 0.328 bits per heavy atom. The highest BCUT2D eigenvalue weighted by Crippen LogP contribution is 2.51. The minimum Gasteiger partial charge on any atom is -0.308 e. The Bertz CT molecular complexity index is 3730. The maximum absolute atomic E-state index is 5.18. The van der Waals surface area contributed by atoms with E-state index in [1.807, 2.05) is 24.3 Å². The van der Waals surface area contributed by atoms with Crippen LogP contribution in [0, 0.1) is 0 Å². The molecule has 9 aromatic carbocycles. The zero-order valence-corrected chi connectivity index (χ0v) is 35.5. The van der Waals surface area contributed by atoms with E-state index >= 15 is 0 Å². The van der Waals surface area contributed by atoms with Crippen molar-refractivity contribution in [3.63, 3.8) is 0 Å². The second-order valence-corrected chi connectivity index (χ2v) is 17.8. The van der Waals surface area contributed by atoms with Gasteiger partial charge in [-0.25, -0.2) is 9.97 Å². The molecular weight excluding hydrogens is 775 g/mol. The molecule has 1 aliphatic rings. The number of hydrogen-bond acceptors (Lipinski definition) is 2. The van der Waals surface area contributed by atoms with E-state index in [1.54, 1.807) is 0 Å². The van der Waals surface area contributed by atoms with Gasteiger partial charge in [0.25, 0.3) is 0 Å². The Balaban J connectivity index is 0.909. The summed E-state index contributed by atoms with van der Waals surface area (Å²) in [6.45, 7) is 4.69. The molecular formula is C61H41N3. The summed E-state index contributed by atoms with van der Waals surface area (Å²) < 4.78 is 2.50. The molecule has 64 heavy (non-hydrogen) atoms. The van der Waals surface area contributed by atoms with Gasteiger partial charge in [-0.15, -0.1) is 0 Å². The van der Waals surface area contributed by atoms with Gasteiger partial charge in [0.2, 0.25) is 0 Å². The van der Waals surface area contributed by atoms with E-state index in [0.717, 1.165) is 33.9 Å². The summed E-state index contributed by atoms with van der Waals surface area (Å²) >= 11 is 0. The lowest BCUT2D eigenvalue weighted by atomic mass is 9.82. The molecule has 0 fully saturated rings. The molecule has 3 heteroatoms. The molecule has 0 unspecified atom stereocenters. The number of hydrogen-bond donors (Lipinski definition) is 0. The van der Waals surface area contributed by atoms with Crippen LogP contribution in [-0.4, -0.2) is 14.4 Å². The molecule has 300 valence electrons. The highest BCUT2D eigenvalue weighted by Gasteiger charge is 2.36. The predicted octanol–water partition coefficient (Wildman–Crippen LogP) is 15.9. The maximum Gasteiger partial charge on any atom is 0.160 e. The van der Waals surface area contributed by atoms with Crippen molar-refractivity contribution < 1.29 is 0 Å². The molecule has 3 nitrogen and oxygen atoms in total. The van der Waals surface area contributed by atoms with Crippen molar-refractivity contribution in [2.75, 3.05) is 0 Å². The van der Waals surface area contributed by atoms with Crippen LogP contribution < -0.4 is 0 Å². The largest absolute Gasteiger partial charge is 0.308 e. The van der Waals surface area contributed by atoms with Crippen molar-refractivity contribution in [2.24, 2.45) is 0 Å². The summed E-state index contributed by atoms with van der Waals surface area (Å²) in [7, 11) is 0. The molecule has 0 saturated heterocycles. The second kappa shape index (κ2) is 13.9. The summed E-state index contributed by atoms with van der Waals surface area (Å²) in [5.74, 6) is 0.723. The van der Waals surface area contributed by atoms with E-state index in [4.69, 9.17) is 9.97 Å². The Kier molecular flexibility index (Phi) is 7.95. The van der Waals surface area contributed by atoms with Gasteiger partial charge >= 0.3 is 0 Å². The van der Waals surface area contributed by atoms with Crippen LogP contribution in [0.25, 0.3) is 117 Å². The summed E-state index contributed by atoms with van der Waals surface area (Å²) in [4.78, 5) is 10.2. The van der Waals surface area contributed by atoms with Crippen molar-refractivity contribution in [1.29, 1.82) is 0 Å². The number of para-hydroxylation sites is 1. The summed E-state index contributed by atoms with van der Waals surface area (Å²) in [5.41, 5.74) is 21.1. The SMILES string of the molecule is CC1(C)c2ccc(-c3cccc(-c4ccc5c6cccc7c8ccc(-c9ccccc9)cc8n(c5c4)c76)c3)cc2-c2cc(-c3cc(-c4ccccc4)nc(-c4ccccc4)n3)ccc21. The fourth-order valence-corrected chi connectivity index (χ4v) is 10.5. The summed E-state index contributed by atoms with van der Waals surface area (Å²) in [5, 5.41) is 5.16. The molecule has 12 aromatic rings. The van der Waals surface area contributed by atoms with Gasteiger partial charge in [0.15, 0.2) is 5.82 Å². The van der Waals surface area contributed by atoms with E-state index < -0.39 is 0 Å². The molecule has 3 aromatic heterocycles. The van der Waals surface area contributed by atoms with Gasteiger partial charge < -0.3 is 4.40 Å². The monoisotopic (exact) mass is 815 g/mol. The van der Waals surface area contributed by atoms with Crippen molar-refractivity contribution in [1.82, 2.24) is 14.4 Å². The molecule has 0 spiro atoms. The van der Waals surface area contributed by atoms with Gasteiger partial charge in [0, 0.05) is 43.7 Å². The normalized spacial score (nSPS) is 13.0. The van der Waals surface area contributed by atoms with Crippen LogP contribution in [-0.2, 0) is 5.41 Å². The lowest BCUT2D eigenvalue weighted by molar-refractivity contribution is 0.660. The Hall–Kier alpha value is -8.14. The quantitative estimate of drug-likeness (QED) is 0.167. The fourth-order valence-electron chi connectivity index (χ4n) is 10.5. The third-order valence-electron chi connectivity index (χ3n) is 13.8. The van der Waals surface area contributed by atoms with Crippen LogP contribution in [0.5, 0.6) is 0 Å². The predicted molar refractivity (Wildman–Crippen MR) is 267 cm³/mol. The first kappa shape index (κ1) is 36.5. The molecule has 0 bridgehead atoms. The minimum atomic E-state index is -0.141. The van der Waals surface area contributed by atoms with Gasteiger partial charge in [0.05, 0.1) is 27.9 Å². The number of fused-ring (bicyclic) bond motifs is 9. The van der Waals surface area contributed by atoms with Crippen LogP contribution in [0.4, 0.5) is 0 Å². The summed E-state index contributed by atoms with van der Waals surface area (Å²) in [6.07, 6.45) is 0. The molecule has 0 aliphatic heterocycles. The van der Waals surface area contributed by atoms with Crippen molar-refractivity contribution in [3.8, 4) is 78.4 Å². The van der Waals surface area contributed by atoms with E-state index in [1.165, 1.54) is 93.7 Å². The minimum absolute atomic E-state index is 0.141. The molecule has 13 rings (SSSR count). The van der Waals surface area contributed by atoms with Crippen LogP contribution >= 0.6 is 0 Å². The van der Waals surface area contributed by atoms with E-state index in [2.05, 4.69) is 206 Å². The van der Waals surface area contributed by atoms with Crippen molar-refractivity contribution >= 4 is 38.1 Å². The first-order valence-electron chi connectivity index (χ1n) is 22.1. The lowest BCUT2D eigenvalue weighted by Crippen LogP contribution is -2.14. The molecule has 3 heterocycles. The van der Waals surface area contributed by atoms with Crippen molar-refractivity contribution in [2.45, 2.75) is 19.3 Å². The second-order valence-electron chi connectivity index (χ2n) is 17.8. The zero-order chi connectivity index (χ0) is 42.5. The van der Waals surface area contributed by atoms with Crippen LogP contribution in [0.1, 0.15) is 25.0 Å². The molecule has 0 radical (unpaired) electrons. The smallest absolute Gasteiger partial charge is 0.160 e. The number of benzene rings is 9. The highest BCUT2D eigenvalue weighted by atomic mass is 14.9. The number of aromatic nitrogens is 3. The van der Waals surface area contributed by atoms with E-state index in [9.17, 15) is 0 Å². The van der Waals surface area contributed by atoms with E-state index in [-0.39, 0.29) is 5.41 Å². The van der Waals surface area contributed by atoms with Crippen LogP contribution in [0.2, 0.25) is 0 Å². The van der Waals surface area contributed by atoms with E-state index in [0.29, 0.717) is 0 Å². The first-order valence-corrected chi connectivity index (χ1v) is 22.1. The van der Waals surface area contributed by atoms with Gasteiger partial charge in [-0.2, -0.15) is 0 Å². The number of rotatable bonds is 6. The van der Waals surface area contributed by atoms with Crippen LogP contribution in [0.15, 0.2) is 212 Å². The average molecular weight is 816 g/mol. The molecule has 0 N–H and O–H groups in total. The Morgan fingerprint density at radius 3 is 1.38 bits per heavy atom. The molecule has 0 amide bonds.